The van der Waals surface area contributed by atoms with Crippen LogP contribution in [0.4, 0.5) is 0 Å². The summed E-state index contributed by atoms with van der Waals surface area (Å²) in [4.78, 5) is 2.42. The molecule has 1 fully saturated rings. The van der Waals surface area contributed by atoms with E-state index in [0.717, 1.165) is 38.0 Å². The van der Waals surface area contributed by atoms with Gasteiger partial charge in [-0.1, -0.05) is 24.3 Å². The van der Waals surface area contributed by atoms with Gasteiger partial charge in [0.1, 0.15) is 0 Å². The predicted molar refractivity (Wildman–Crippen MR) is 73.8 cm³/mol. The molecule has 3 nitrogen and oxygen atoms in total. The molecule has 1 aromatic rings. The van der Waals surface area contributed by atoms with Crippen molar-refractivity contribution in [3.63, 3.8) is 0 Å². The van der Waals surface area contributed by atoms with Crippen molar-refractivity contribution in [2.75, 3.05) is 19.6 Å². The first-order valence-electron chi connectivity index (χ1n) is 6.42. The molecule has 3 heteroatoms. The molecule has 1 aliphatic heterocycles. The highest BCUT2D eigenvalue weighted by Crippen LogP contribution is 2.09. The van der Waals surface area contributed by atoms with Gasteiger partial charge in [0.2, 0.25) is 0 Å². The van der Waals surface area contributed by atoms with E-state index in [2.05, 4.69) is 23.1 Å². The number of nitriles is 1. The Labute approximate surface area is 109 Å². The van der Waals surface area contributed by atoms with Crippen LogP contribution in [0.15, 0.2) is 30.3 Å². The van der Waals surface area contributed by atoms with Crippen molar-refractivity contribution in [2.45, 2.75) is 18.9 Å². The zero-order valence-corrected chi connectivity index (χ0v) is 10.5. The zero-order valence-electron chi connectivity index (χ0n) is 10.5. The Balaban J connectivity index is 1.82. The van der Waals surface area contributed by atoms with E-state index in [0.29, 0.717) is 11.6 Å². The molecule has 2 rings (SSSR count). The molecule has 0 aromatic heterocycles. The third-order valence-corrected chi connectivity index (χ3v) is 3.35. The van der Waals surface area contributed by atoms with E-state index in [1.54, 1.807) is 0 Å². The van der Waals surface area contributed by atoms with E-state index in [9.17, 15) is 0 Å². The van der Waals surface area contributed by atoms with Crippen LogP contribution >= 0.6 is 0 Å². The minimum absolute atomic E-state index is 0.392. The molecule has 2 N–H and O–H groups in total. The first kappa shape index (κ1) is 12.8. The second-order valence-corrected chi connectivity index (χ2v) is 4.77. The molecule has 18 heavy (non-hydrogen) atoms. The van der Waals surface area contributed by atoms with Gasteiger partial charge in [-0.05, 0) is 43.6 Å². The maximum Gasteiger partial charge on any atom is 0.0991 e. The fraction of sp³-hybridized carbons (Fsp3) is 0.400. The molecule has 0 amide bonds. The van der Waals surface area contributed by atoms with Crippen LogP contribution in [0.25, 0.3) is 6.08 Å². The maximum atomic E-state index is 8.71. The van der Waals surface area contributed by atoms with Crippen LogP contribution in [-0.2, 0) is 0 Å². The summed E-state index contributed by atoms with van der Waals surface area (Å²) in [7, 11) is 0. The molecule has 0 radical (unpaired) electrons. The summed E-state index contributed by atoms with van der Waals surface area (Å²) in [6.07, 6.45) is 6.49. The fourth-order valence-corrected chi connectivity index (χ4v) is 2.14. The van der Waals surface area contributed by atoms with Crippen LogP contribution in [-0.4, -0.2) is 30.6 Å². The monoisotopic (exact) mass is 241 g/mol. The summed E-state index contributed by atoms with van der Waals surface area (Å²) in [6, 6.07) is 10.2. The van der Waals surface area contributed by atoms with Crippen molar-refractivity contribution in [1.82, 2.24) is 4.90 Å². The molecule has 0 atom stereocenters. The molecular weight excluding hydrogens is 222 g/mol. The van der Waals surface area contributed by atoms with Gasteiger partial charge >= 0.3 is 0 Å². The smallest absolute Gasteiger partial charge is 0.0991 e. The number of nitrogens with zero attached hydrogens (tertiary/aromatic N) is 2. The van der Waals surface area contributed by atoms with E-state index in [4.69, 9.17) is 11.0 Å². The molecule has 1 aromatic carbocycles. The number of nitrogens with two attached hydrogens (primary N) is 1. The largest absolute Gasteiger partial charge is 0.328 e. The lowest BCUT2D eigenvalue weighted by molar-refractivity contribution is 0.234. The summed E-state index contributed by atoms with van der Waals surface area (Å²) < 4.78 is 0. The minimum atomic E-state index is 0.392. The maximum absolute atomic E-state index is 8.71. The molecule has 0 spiro atoms. The summed E-state index contributed by atoms with van der Waals surface area (Å²) >= 11 is 0. The Kier molecular flexibility index (Phi) is 4.52. The van der Waals surface area contributed by atoms with Crippen molar-refractivity contribution in [3.05, 3.63) is 41.5 Å². The van der Waals surface area contributed by atoms with E-state index in [-0.39, 0.29) is 0 Å². The summed E-state index contributed by atoms with van der Waals surface area (Å²) in [6.45, 7) is 3.17. The Morgan fingerprint density at radius 1 is 1.28 bits per heavy atom. The van der Waals surface area contributed by atoms with Gasteiger partial charge in [0, 0.05) is 12.6 Å². The number of hydrogen-bond donors (Lipinski definition) is 1. The van der Waals surface area contributed by atoms with Gasteiger partial charge in [-0.25, -0.2) is 0 Å². The number of likely N-dealkylation sites (tertiary alicyclic amines) is 1. The molecule has 0 bridgehead atoms. The van der Waals surface area contributed by atoms with Crippen molar-refractivity contribution in [1.29, 1.82) is 5.26 Å². The lowest BCUT2D eigenvalue weighted by atomic mass is 10.1. The Bertz CT molecular complexity index is 434. The van der Waals surface area contributed by atoms with Crippen LogP contribution in [0.3, 0.4) is 0 Å². The average Bonchev–Trinajstić information content (AvgIpc) is 2.42. The van der Waals surface area contributed by atoms with Gasteiger partial charge in [0.25, 0.3) is 0 Å². The minimum Gasteiger partial charge on any atom is -0.328 e. The van der Waals surface area contributed by atoms with Crippen LogP contribution < -0.4 is 5.73 Å². The Morgan fingerprint density at radius 3 is 2.56 bits per heavy atom. The normalized spacial score (nSPS) is 18.0. The van der Waals surface area contributed by atoms with Crippen LogP contribution in [0, 0.1) is 11.3 Å². The van der Waals surface area contributed by atoms with Crippen molar-refractivity contribution >= 4 is 6.08 Å². The topological polar surface area (TPSA) is 53.0 Å². The highest BCUT2D eigenvalue weighted by atomic mass is 15.1. The van der Waals surface area contributed by atoms with Gasteiger partial charge in [-0.3, -0.25) is 4.90 Å². The van der Waals surface area contributed by atoms with E-state index in [1.165, 1.54) is 0 Å². The van der Waals surface area contributed by atoms with E-state index < -0.39 is 0 Å². The summed E-state index contributed by atoms with van der Waals surface area (Å²) in [5.74, 6) is 0. The van der Waals surface area contributed by atoms with Crippen LogP contribution in [0.2, 0.25) is 0 Å². The van der Waals surface area contributed by atoms with Gasteiger partial charge in [0.15, 0.2) is 0 Å². The molecule has 1 heterocycles. The Hall–Kier alpha value is -1.63. The number of benzene rings is 1. The number of hydrogen-bond acceptors (Lipinski definition) is 3. The predicted octanol–water partition coefficient (Wildman–Crippen LogP) is 1.99. The molecule has 0 saturated carbocycles. The second kappa shape index (κ2) is 6.34. The van der Waals surface area contributed by atoms with E-state index >= 15 is 0 Å². The van der Waals surface area contributed by atoms with Gasteiger partial charge in [0.05, 0.1) is 11.6 Å². The SMILES string of the molecule is N#Cc1ccc(/C=C/CN2CCC(N)CC2)cc1. The van der Waals surface area contributed by atoms with Crippen molar-refractivity contribution < 1.29 is 0 Å². The Morgan fingerprint density at radius 2 is 1.94 bits per heavy atom. The molecule has 1 saturated heterocycles. The standard InChI is InChI=1S/C15H19N3/c16-12-14-5-3-13(4-6-14)2-1-9-18-10-7-15(17)8-11-18/h1-6,15H,7-11,17H2/b2-1+. The number of rotatable bonds is 3. The molecule has 0 unspecified atom stereocenters. The van der Waals surface area contributed by atoms with Gasteiger partial charge in [-0.2, -0.15) is 5.26 Å². The van der Waals surface area contributed by atoms with Crippen LogP contribution in [0.5, 0.6) is 0 Å². The molecular formula is C15H19N3. The summed E-state index contributed by atoms with van der Waals surface area (Å²) in [5.41, 5.74) is 7.72. The van der Waals surface area contributed by atoms with Crippen LogP contribution in [0.1, 0.15) is 24.0 Å². The van der Waals surface area contributed by atoms with Gasteiger partial charge < -0.3 is 5.73 Å². The third kappa shape index (κ3) is 3.69. The second-order valence-electron chi connectivity index (χ2n) is 4.77. The van der Waals surface area contributed by atoms with Crippen molar-refractivity contribution in [3.8, 4) is 6.07 Å². The molecule has 0 aliphatic carbocycles. The first-order chi connectivity index (χ1) is 8.78. The van der Waals surface area contributed by atoms with Gasteiger partial charge in [-0.15, -0.1) is 0 Å². The number of piperidine rings is 1. The lowest BCUT2D eigenvalue weighted by Gasteiger charge is -2.28. The lowest BCUT2D eigenvalue weighted by Crippen LogP contribution is -2.39. The average molecular weight is 241 g/mol. The third-order valence-electron chi connectivity index (χ3n) is 3.35. The highest BCUT2D eigenvalue weighted by Gasteiger charge is 2.14. The quantitative estimate of drug-likeness (QED) is 0.880. The summed E-state index contributed by atoms with van der Waals surface area (Å²) in [5, 5.41) is 8.71. The fourth-order valence-electron chi connectivity index (χ4n) is 2.14. The van der Waals surface area contributed by atoms with Crippen molar-refractivity contribution in [2.24, 2.45) is 5.73 Å². The molecule has 1 aliphatic rings. The zero-order chi connectivity index (χ0) is 12.8. The molecule has 94 valence electrons. The van der Waals surface area contributed by atoms with E-state index in [1.807, 2.05) is 24.3 Å². The first-order valence-corrected chi connectivity index (χ1v) is 6.42. The highest BCUT2D eigenvalue weighted by molar-refractivity contribution is 5.51.